The lowest BCUT2D eigenvalue weighted by Crippen LogP contribution is -1.91. The van der Waals surface area contributed by atoms with Crippen LogP contribution in [0.3, 0.4) is 0 Å². The van der Waals surface area contributed by atoms with E-state index in [1.165, 1.54) is 24.3 Å². The van der Waals surface area contributed by atoms with Crippen LogP contribution in [0.1, 0.15) is 44.0 Å². The lowest BCUT2D eigenvalue weighted by molar-refractivity contribution is 0.621. The highest BCUT2D eigenvalue weighted by atomic mass is 32.1. The Hall–Kier alpha value is -0.370. The third-order valence-electron chi connectivity index (χ3n) is 1.86. The summed E-state index contributed by atoms with van der Waals surface area (Å²) in [5.74, 6) is 0.662. The van der Waals surface area contributed by atoms with E-state index < -0.39 is 0 Å². The molecule has 1 heterocycles. The highest BCUT2D eigenvalue weighted by Crippen LogP contribution is 2.22. The third-order valence-corrected chi connectivity index (χ3v) is 2.87. The lowest BCUT2D eigenvalue weighted by Gasteiger charge is -2.05. The van der Waals surface area contributed by atoms with Gasteiger partial charge in [-0.3, -0.25) is 0 Å². The zero-order valence-electron chi connectivity index (χ0n) is 7.21. The predicted octanol–water partition coefficient (Wildman–Crippen LogP) is 3.44. The van der Waals surface area contributed by atoms with Crippen molar-refractivity contribution >= 4 is 11.3 Å². The van der Waals surface area contributed by atoms with Crippen LogP contribution in [0, 0.1) is 0 Å². The van der Waals surface area contributed by atoms with Gasteiger partial charge in [-0.1, -0.05) is 26.7 Å². The normalized spacial score (nSPS) is 13.3. The number of unbranched alkanes of at least 4 members (excludes halogenated alkanes) is 1. The van der Waals surface area contributed by atoms with Crippen molar-refractivity contribution < 1.29 is 0 Å². The molecule has 1 nitrogen and oxygen atoms in total. The third kappa shape index (κ3) is 2.62. The second-order valence-corrected chi connectivity index (χ2v) is 3.84. The van der Waals surface area contributed by atoms with Crippen LogP contribution >= 0.6 is 11.3 Å². The van der Waals surface area contributed by atoms with Gasteiger partial charge in [-0.2, -0.15) is 0 Å². The Morgan fingerprint density at radius 3 is 3.00 bits per heavy atom. The summed E-state index contributed by atoms with van der Waals surface area (Å²) in [6, 6.07) is 0. The first-order valence-electron chi connectivity index (χ1n) is 4.24. The fourth-order valence-corrected chi connectivity index (χ4v) is 1.84. The molecule has 0 fully saturated rings. The zero-order chi connectivity index (χ0) is 8.10. The second kappa shape index (κ2) is 4.50. The SMILES string of the molecule is CCCCC(C)c1nccs1. The summed E-state index contributed by atoms with van der Waals surface area (Å²) >= 11 is 1.77. The minimum Gasteiger partial charge on any atom is -0.249 e. The van der Waals surface area contributed by atoms with Crippen molar-refractivity contribution in [3.05, 3.63) is 16.6 Å². The Labute approximate surface area is 72.5 Å². The number of rotatable bonds is 4. The molecule has 1 atom stereocenters. The van der Waals surface area contributed by atoms with Crippen LogP contribution in [-0.4, -0.2) is 4.98 Å². The van der Waals surface area contributed by atoms with E-state index in [9.17, 15) is 0 Å². The average molecular weight is 169 g/mol. The Kier molecular flexibility index (Phi) is 3.57. The fourth-order valence-electron chi connectivity index (χ4n) is 1.11. The number of thiazole rings is 1. The van der Waals surface area contributed by atoms with Crippen molar-refractivity contribution in [1.29, 1.82) is 0 Å². The van der Waals surface area contributed by atoms with E-state index in [1.54, 1.807) is 11.3 Å². The highest BCUT2D eigenvalue weighted by Gasteiger charge is 2.05. The van der Waals surface area contributed by atoms with E-state index in [2.05, 4.69) is 24.2 Å². The first-order valence-corrected chi connectivity index (χ1v) is 5.12. The van der Waals surface area contributed by atoms with Gasteiger partial charge >= 0.3 is 0 Å². The van der Waals surface area contributed by atoms with Crippen LogP contribution in [0.15, 0.2) is 11.6 Å². The highest BCUT2D eigenvalue weighted by molar-refractivity contribution is 7.09. The molecule has 1 rings (SSSR count). The molecule has 0 spiro atoms. The van der Waals surface area contributed by atoms with Crippen molar-refractivity contribution in [2.45, 2.75) is 39.0 Å². The average Bonchev–Trinajstić information content (AvgIpc) is 2.52. The molecule has 11 heavy (non-hydrogen) atoms. The van der Waals surface area contributed by atoms with E-state index in [0.29, 0.717) is 5.92 Å². The molecule has 2 heteroatoms. The topological polar surface area (TPSA) is 12.9 Å². The van der Waals surface area contributed by atoms with Crippen LogP contribution in [0.5, 0.6) is 0 Å². The van der Waals surface area contributed by atoms with Crippen LogP contribution < -0.4 is 0 Å². The summed E-state index contributed by atoms with van der Waals surface area (Å²) < 4.78 is 0. The monoisotopic (exact) mass is 169 g/mol. The molecule has 0 N–H and O–H groups in total. The van der Waals surface area contributed by atoms with E-state index in [0.717, 1.165) is 0 Å². The van der Waals surface area contributed by atoms with Gasteiger partial charge in [0.15, 0.2) is 0 Å². The molecule has 0 amide bonds. The van der Waals surface area contributed by atoms with Crippen molar-refractivity contribution in [3.63, 3.8) is 0 Å². The summed E-state index contributed by atoms with van der Waals surface area (Å²) in [4.78, 5) is 4.29. The van der Waals surface area contributed by atoms with Crippen molar-refractivity contribution in [2.24, 2.45) is 0 Å². The maximum atomic E-state index is 4.29. The van der Waals surface area contributed by atoms with Crippen molar-refractivity contribution in [1.82, 2.24) is 4.98 Å². The molecule has 0 aromatic carbocycles. The van der Waals surface area contributed by atoms with Crippen LogP contribution in [-0.2, 0) is 0 Å². The second-order valence-electron chi connectivity index (χ2n) is 2.91. The molecule has 1 aromatic heterocycles. The minimum atomic E-state index is 0.662. The maximum absolute atomic E-state index is 4.29. The molecule has 62 valence electrons. The largest absolute Gasteiger partial charge is 0.249 e. The molecule has 0 saturated carbocycles. The number of nitrogens with zero attached hydrogens (tertiary/aromatic N) is 1. The van der Waals surface area contributed by atoms with Crippen molar-refractivity contribution in [3.8, 4) is 0 Å². The first kappa shape index (κ1) is 8.72. The minimum absolute atomic E-state index is 0.662. The number of hydrogen-bond donors (Lipinski definition) is 0. The molecule has 1 unspecified atom stereocenters. The first-order chi connectivity index (χ1) is 5.34. The molecular weight excluding hydrogens is 154 g/mol. The van der Waals surface area contributed by atoms with Gasteiger partial charge in [-0.25, -0.2) is 4.98 Å². The molecule has 0 aliphatic heterocycles. The van der Waals surface area contributed by atoms with Crippen LogP contribution in [0.2, 0.25) is 0 Å². The number of hydrogen-bond acceptors (Lipinski definition) is 2. The summed E-state index contributed by atoms with van der Waals surface area (Å²) in [6.07, 6.45) is 5.78. The van der Waals surface area contributed by atoms with Crippen LogP contribution in [0.4, 0.5) is 0 Å². The molecule has 0 aliphatic rings. The lowest BCUT2D eigenvalue weighted by atomic mass is 10.1. The molecule has 0 saturated heterocycles. The quantitative estimate of drug-likeness (QED) is 0.673. The standard InChI is InChI=1S/C9H15NS/c1-3-4-5-8(2)9-10-6-7-11-9/h6-8H,3-5H2,1-2H3. The van der Waals surface area contributed by atoms with E-state index >= 15 is 0 Å². The Morgan fingerprint density at radius 1 is 1.64 bits per heavy atom. The number of aromatic nitrogens is 1. The van der Waals surface area contributed by atoms with Gasteiger partial charge < -0.3 is 0 Å². The molecule has 0 bridgehead atoms. The summed E-state index contributed by atoms with van der Waals surface area (Å²) in [7, 11) is 0. The Bertz CT molecular complexity index is 181. The van der Waals surface area contributed by atoms with Gasteiger partial charge in [0.05, 0.1) is 5.01 Å². The van der Waals surface area contributed by atoms with E-state index in [4.69, 9.17) is 0 Å². The smallest absolute Gasteiger partial charge is 0.0953 e. The summed E-state index contributed by atoms with van der Waals surface area (Å²) in [6.45, 7) is 4.49. The Balaban J connectivity index is 2.36. The summed E-state index contributed by atoms with van der Waals surface area (Å²) in [5.41, 5.74) is 0. The van der Waals surface area contributed by atoms with Gasteiger partial charge in [-0.15, -0.1) is 11.3 Å². The van der Waals surface area contributed by atoms with Gasteiger partial charge in [0.2, 0.25) is 0 Å². The van der Waals surface area contributed by atoms with Gasteiger partial charge in [0.25, 0.3) is 0 Å². The molecule has 0 radical (unpaired) electrons. The molecular formula is C9H15NS. The van der Waals surface area contributed by atoms with Crippen molar-refractivity contribution in [2.75, 3.05) is 0 Å². The van der Waals surface area contributed by atoms with Crippen LogP contribution in [0.25, 0.3) is 0 Å². The maximum Gasteiger partial charge on any atom is 0.0953 e. The van der Waals surface area contributed by atoms with E-state index in [1.807, 2.05) is 6.20 Å². The predicted molar refractivity (Wildman–Crippen MR) is 50.1 cm³/mol. The summed E-state index contributed by atoms with van der Waals surface area (Å²) in [5, 5.41) is 3.34. The zero-order valence-corrected chi connectivity index (χ0v) is 8.03. The Morgan fingerprint density at radius 2 is 2.45 bits per heavy atom. The fraction of sp³-hybridized carbons (Fsp3) is 0.667. The van der Waals surface area contributed by atoms with E-state index in [-0.39, 0.29) is 0 Å². The molecule has 1 aromatic rings. The van der Waals surface area contributed by atoms with Gasteiger partial charge in [0, 0.05) is 17.5 Å². The van der Waals surface area contributed by atoms with Gasteiger partial charge in [-0.05, 0) is 6.42 Å². The molecule has 0 aliphatic carbocycles. The van der Waals surface area contributed by atoms with Gasteiger partial charge in [0.1, 0.15) is 0 Å².